The fourth-order valence-electron chi connectivity index (χ4n) is 4.67. The summed E-state index contributed by atoms with van der Waals surface area (Å²) in [5, 5.41) is 0.716. The lowest BCUT2D eigenvalue weighted by molar-refractivity contribution is 0.0627. The Morgan fingerprint density at radius 1 is 0.949 bits per heavy atom. The van der Waals surface area contributed by atoms with Crippen LogP contribution in [-0.4, -0.2) is 74.5 Å². The number of amides is 1. The number of methoxy groups -OCH3 is 2. The van der Waals surface area contributed by atoms with Gasteiger partial charge < -0.3 is 14.4 Å². The van der Waals surface area contributed by atoms with Crippen molar-refractivity contribution in [1.82, 2.24) is 19.8 Å². The number of piperazine rings is 1. The normalized spacial score (nSPS) is 14.3. The molecule has 10 nitrogen and oxygen atoms in total. The number of ether oxygens (including phenoxy) is 2. The molecule has 0 saturated carbocycles. The molecule has 202 valence electrons. The second-order valence-electron chi connectivity index (χ2n) is 9.11. The molecular weight excluding hydrogens is 518 g/mol. The fourth-order valence-corrected chi connectivity index (χ4v) is 5.92. The Balaban J connectivity index is 1.28. The van der Waals surface area contributed by atoms with E-state index in [2.05, 4.69) is 19.6 Å². The average Bonchev–Trinajstić information content (AvgIpc) is 2.97. The Bertz CT molecular complexity index is 1600. The van der Waals surface area contributed by atoms with Crippen molar-refractivity contribution < 1.29 is 22.7 Å². The maximum atomic E-state index is 13.3. The van der Waals surface area contributed by atoms with Crippen molar-refractivity contribution in [2.24, 2.45) is 0 Å². The van der Waals surface area contributed by atoms with Gasteiger partial charge in [-0.15, -0.1) is 0 Å². The maximum absolute atomic E-state index is 13.3. The molecule has 0 aliphatic carbocycles. The van der Waals surface area contributed by atoms with Gasteiger partial charge in [0.15, 0.2) is 0 Å². The first-order chi connectivity index (χ1) is 18.9. The van der Waals surface area contributed by atoms with Crippen molar-refractivity contribution in [3.8, 4) is 11.5 Å². The van der Waals surface area contributed by atoms with E-state index < -0.39 is 10.0 Å². The number of anilines is 1. The highest BCUT2D eigenvalue weighted by Crippen LogP contribution is 2.30. The van der Waals surface area contributed by atoms with E-state index >= 15 is 0 Å². The quantitative estimate of drug-likeness (QED) is 0.357. The smallest absolute Gasteiger partial charge is 0.264 e. The molecule has 1 aliphatic rings. The highest BCUT2D eigenvalue weighted by molar-refractivity contribution is 7.93. The molecule has 1 N–H and O–H groups in total. The summed E-state index contributed by atoms with van der Waals surface area (Å²) in [6.07, 6.45) is 5.05. The number of rotatable bonds is 8. The number of hydrogen-bond donors (Lipinski definition) is 1. The predicted molar refractivity (Wildman–Crippen MR) is 148 cm³/mol. The largest absolute Gasteiger partial charge is 0.496 e. The van der Waals surface area contributed by atoms with E-state index in [1.807, 2.05) is 6.07 Å². The zero-order valence-corrected chi connectivity index (χ0v) is 22.5. The Kier molecular flexibility index (Phi) is 7.62. The van der Waals surface area contributed by atoms with Crippen molar-refractivity contribution >= 4 is 32.5 Å². The lowest BCUT2D eigenvalue weighted by atomic mass is 10.1. The molecule has 39 heavy (non-hydrogen) atoms. The number of hydrogen-bond acceptors (Lipinski definition) is 8. The molecule has 1 amide bonds. The van der Waals surface area contributed by atoms with Gasteiger partial charge in [0.05, 0.1) is 25.4 Å². The second-order valence-corrected chi connectivity index (χ2v) is 10.8. The molecule has 1 fully saturated rings. The van der Waals surface area contributed by atoms with Gasteiger partial charge in [-0.05, 0) is 36.4 Å². The van der Waals surface area contributed by atoms with Crippen LogP contribution in [0.15, 0.2) is 78.1 Å². The minimum atomic E-state index is -3.97. The fraction of sp³-hybridized carbons (Fsp3) is 0.250. The Labute approximate surface area is 227 Å². The minimum Gasteiger partial charge on any atom is -0.496 e. The number of carbonyl (C=O) groups is 1. The molecule has 0 atom stereocenters. The molecule has 11 heteroatoms. The summed E-state index contributed by atoms with van der Waals surface area (Å²) in [6.45, 7) is 3.22. The monoisotopic (exact) mass is 547 g/mol. The maximum Gasteiger partial charge on any atom is 0.264 e. The van der Waals surface area contributed by atoms with Crippen LogP contribution in [0.4, 0.5) is 5.69 Å². The second kappa shape index (κ2) is 11.3. The van der Waals surface area contributed by atoms with E-state index in [9.17, 15) is 13.2 Å². The summed E-state index contributed by atoms with van der Waals surface area (Å²) in [7, 11) is -0.893. The van der Waals surface area contributed by atoms with Crippen molar-refractivity contribution in [3.05, 3.63) is 84.3 Å². The lowest BCUT2D eigenvalue weighted by Crippen LogP contribution is -2.48. The van der Waals surface area contributed by atoms with Crippen LogP contribution in [-0.2, 0) is 16.6 Å². The summed E-state index contributed by atoms with van der Waals surface area (Å²) >= 11 is 0. The standard InChI is InChI=1S/C28H29N5O5S/c1-37-24-10-12-29-18-22(24)19-32-13-15-33(16-14-32)28(34)21-8-9-23(25(17-21)38-2)31-39(35,36)26-7-3-5-20-6-4-11-30-27(20)26/h3-12,17-18,31H,13-16,19H2,1-2H3. The number of carbonyl (C=O) groups excluding carboxylic acids is 1. The third kappa shape index (κ3) is 5.64. The Morgan fingerprint density at radius 2 is 1.72 bits per heavy atom. The van der Waals surface area contributed by atoms with Crippen LogP contribution >= 0.6 is 0 Å². The molecule has 0 bridgehead atoms. The molecule has 4 aromatic rings. The van der Waals surface area contributed by atoms with Gasteiger partial charge in [0.25, 0.3) is 15.9 Å². The number of nitrogens with one attached hydrogen (secondary N) is 1. The van der Waals surface area contributed by atoms with E-state index in [0.717, 1.165) is 11.3 Å². The molecule has 5 rings (SSSR count). The zero-order valence-electron chi connectivity index (χ0n) is 21.7. The van der Waals surface area contributed by atoms with Gasteiger partial charge >= 0.3 is 0 Å². The predicted octanol–water partition coefficient (Wildman–Crippen LogP) is 3.41. The molecule has 0 unspecified atom stereocenters. The highest BCUT2D eigenvalue weighted by Gasteiger charge is 2.25. The van der Waals surface area contributed by atoms with Crippen LogP contribution in [0.2, 0.25) is 0 Å². The number of pyridine rings is 2. The van der Waals surface area contributed by atoms with Crippen LogP contribution in [0.5, 0.6) is 11.5 Å². The number of fused-ring (bicyclic) bond motifs is 1. The molecule has 0 radical (unpaired) electrons. The SMILES string of the molecule is COc1ccncc1CN1CCN(C(=O)c2ccc(NS(=O)(=O)c3cccc4cccnc34)c(OC)c2)CC1. The molecule has 3 heterocycles. The molecule has 1 saturated heterocycles. The Morgan fingerprint density at radius 3 is 2.49 bits per heavy atom. The third-order valence-electron chi connectivity index (χ3n) is 6.71. The topological polar surface area (TPSA) is 114 Å². The van der Waals surface area contributed by atoms with Crippen molar-refractivity contribution in [2.45, 2.75) is 11.4 Å². The first kappa shape index (κ1) is 26.4. The van der Waals surface area contributed by atoms with E-state index in [0.29, 0.717) is 49.2 Å². The zero-order chi connectivity index (χ0) is 27.4. The van der Waals surface area contributed by atoms with Crippen LogP contribution < -0.4 is 14.2 Å². The van der Waals surface area contributed by atoms with Gasteiger partial charge in [0.1, 0.15) is 16.4 Å². The summed E-state index contributed by atoms with van der Waals surface area (Å²) in [4.78, 5) is 25.8. The van der Waals surface area contributed by atoms with Crippen molar-refractivity contribution in [2.75, 3.05) is 45.1 Å². The van der Waals surface area contributed by atoms with E-state index in [-0.39, 0.29) is 22.2 Å². The van der Waals surface area contributed by atoms with Crippen LogP contribution in [0, 0.1) is 0 Å². The molecule has 0 spiro atoms. The van der Waals surface area contributed by atoms with Crippen molar-refractivity contribution in [1.29, 1.82) is 0 Å². The molecule has 1 aliphatic heterocycles. The number of para-hydroxylation sites is 1. The van der Waals surface area contributed by atoms with Gasteiger partial charge in [0, 0.05) is 67.8 Å². The van der Waals surface area contributed by atoms with Crippen molar-refractivity contribution in [3.63, 3.8) is 0 Å². The molecule has 2 aromatic heterocycles. The van der Waals surface area contributed by atoms with Crippen LogP contribution in [0.1, 0.15) is 15.9 Å². The minimum absolute atomic E-state index is 0.0598. The van der Waals surface area contributed by atoms with Gasteiger partial charge in [-0.3, -0.25) is 24.4 Å². The summed E-state index contributed by atoms with van der Waals surface area (Å²) in [5.41, 5.74) is 2.03. The van der Waals surface area contributed by atoms with E-state index in [4.69, 9.17) is 9.47 Å². The van der Waals surface area contributed by atoms with E-state index in [1.54, 1.807) is 73.1 Å². The summed E-state index contributed by atoms with van der Waals surface area (Å²) in [5.74, 6) is 0.905. The van der Waals surface area contributed by atoms with Gasteiger partial charge in [0.2, 0.25) is 0 Å². The molecular formula is C28H29N5O5S. The summed E-state index contributed by atoms with van der Waals surface area (Å²) in [6, 6.07) is 15.1. The van der Waals surface area contributed by atoms with E-state index in [1.165, 1.54) is 13.2 Å². The number of aromatic nitrogens is 2. The highest BCUT2D eigenvalue weighted by atomic mass is 32.2. The number of sulfonamides is 1. The van der Waals surface area contributed by atoms with Crippen LogP contribution in [0.3, 0.4) is 0 Å². The van der Waals surface area contributed by atoms with Gasteiger partial charge in [-0.1, -0.05) is 18.2 Å². The average molecular weight is 548 g/mol. The number of nitrogens with zero attached hydrogens (tertiary/aromatic N) is 4. The lowest BCUT2D eigenvalue weighted by Gasteiger charge is -2.35. The van der Waals surface area contributed by atoms with Gasteiger partial charge in [-0.25, -0.2) is 8.42 Å². The van der Waals surface area contributed by atoms with Gasteiger partial charge in [-0.2, -0.15) is 0 Å². The first-order valence-electron chi connectivity index (χ1n) is 12.4. The first-order valence-corrected chi connectivity index (χ1v) is 13.9. The number of benzene rings is 2. The Hall–Kier alpha value is -4.22. The van der Waals surface area contributed by atoms with Crippen LogP contribution in [0.25, 0.3) is 10.9 Å². The summed E-state index contributed by atoms with van der Waals surface area (Å²) < 4.78 is 40.0. The molecule has 2 aromatic carbocycles. The third-order valence-corrected chi connectivity index (χ3v) is 8.11.